The maximum absolute atomic E-state index is 4.76. The molecule has 0 aromatic heterocycles. The van der Waals surface area contributed by atoms with Crippen molar-refractivity contribution >= 4 is 87.5 Å². The Labute approximate surface area is 201 Å². The van der Waals surface area contributed by atoms with Crippen molar-refractivity contribution in [1.82, 2.24) is 14.7 Å². The minimum absolute atomic E-state index is 0. The number of thiocarbonyl (C=S) groups is 3. The fraction of sp³-hybridized carbons (Fsp3) is 0.800. The van der Waals surface area contributed by atoms with E-state index < -0.39 is 0 Å². The predicted octanol–water partition coefficient (Wildman–Crippen LogP) is 3.48. The molecule has 0 aromatic carbocycles. The van der Waals surface area contributed by atoms with Gasteiger partial charge < -0.3 is 89.2 Å². The zero-order valence-corrected chi connectivity index (χ0v) is 22.4. The van der Waals surface area contributed by atoms with E-state index >= 15 is 0 Å². The molecule has 0 N–H and O–H groups in total. The third-order valence-electron chi connectivity index (χ3n) is 3.06. The van der Waals surface area contributed by atoms with Crippen molar-refractivity contribution < 1.29 is 19.5 Å². The van der Waals surface area contributed by atoms with Crippen LogP contribution in [0, 0.1) is 0 Å². The molecule has 25 heavy (non-hydrogen) atoms. The minimum atomic E-state index is 0. The molecule has 0 rings (SSSR count). The van der Waals surface area contributed by atoms with Crippen molar-refractivity contribution in [3.8, 4) is 0 Å². The molecular formula is C15H30N3RhS6. The molecule has 0 aliphatic rings. The van der Waals surface area contributed by atoms with Gasteiger partial charge in [-0.3, -0.25) is 0 Å². The van der Waals surface area contributed by atoms with Gasteiger partial charge in [0, 0.05) is 39.3 Å². The average molecular weight is 548 g/mol. The third-order valence-corrected chi connectivity index (χ3v) is 4.61. The summed E-state index contributed by atoms with van der Waals surface area (Å²) in [5, 5.41) is 0. The van der Waals surface area contributed by atoms with Crippen LogP contribution in [0.1, 0.15) is 41.5 Å². The fourth-order valence-corrected chi connectivity index (χ4v) is 2.99. The van der Waals surface area contributed by atoms with Gasteiger partial charge in [0.25, 0.3) is 0 Å². The minimum Gasteiger partial charge on any atom is -0.411 e. The van der Waals surface area contributed by atoms with Crippen molar-refractivity contribution in [3.63, 3.8) is 0 Å². The molecule has 0 radical (unpaired) electrons. The molecule has 10 heteroatoms. The van der Waals surface area contributed by atoms with Gasteiger partial charge in [0.05, 0.1) is 0 Å². The van der Waals surface area contributed by atoms with Gasteiger partial charge in [-0.25, -0.2) is 0 Å². The number of rotatable bonds is 6. The summed E-state index contributed by atoms with van der Waals surface area (Å²) in [6.07, 6.45) is 0. The van der Waals surface area contributed by atoms with Gasteiger partial charge in [0.15, 0.2) is 0 Å². The largest absolute Gasteiger partial charge is 3.00 e. The van der Waals surface area contributed by atoms with Crippen LogP contribution in [-0.2, 0) is 57.4 Å². The maximum Gasteiger partial charge on any atom is 3.00 e. The zero-order valence-electron chi connectivity index (χ0n) is 15.9. The second-order valence-corrected chi connectivity index (χ2v) is 7.41. The van der Waals surface area contributed by atoms with E-state index in [9.17, 15) is 0 Å². The molecule has 0 aliphatic carbocycles. The SMILES string of the molecule is CCN(CC)C(=S)[S-].CCN(CC)C(=S)[S-].CCN(CC)C(=S)[S-].[Rh+3]. The molecule has 150 valence electrons. The van der Waals surface area contributed by atoms with Crippen molar-refractivity contribution in [2.45, 2.75) is 41.5 Å². The first kappa shape index (κ1) is 33.5. The monoisotopic (exact) mass is 547 g/mol. The topological polar surface area (TPSA) is 9.72 Å². The van der Waals surface area contributed by atoms with Crippen LogP contribution in [0.3, 0.4) is 0 Å². The molecule has 3 nitrogen and oxygen atoms in total. The van der Waals surface area contributed by atoms with Gasteiger partial charge >= 0.3 is 19.5 Å². The fourth-order valence-electron chi connectivity index (χ4n) is 1.45. The van der Waals surface area contributed by atoms with Crippen molar-refractivity contribution in [2.75, 3.05) is 39.3 Å². The quantitative estimate of drug-likeness (QED) is 0.279. The van der Waals surface area contributed by atoms with Gasteiger partial charge in [-0.05, 0) is 41.5 Å². The Morgan fingerprint density at radius 2 is 0.640 bits per heavy atom. The van der Waals surface area contributed by atoms with Gasteiger partial charge in [-0.2, -0.15) is 0 Å². The van der Waals surface area contributed by atoms with Gasteiger partial charge in [-0.15, -0.1) is 0 Å². The van der Waals surface area contributed by atoms with E-state index in [2.05, 4.69) is 0 Å². The summed E-state index contributed by atoms with van der Waals surface area (Å²) in [5.74, 6) is 0. The molecule has 0 fully saturated rings. The van der Waals surface area contributed by atoms with E-state index in [-0.39, 0.29) is 19.5 Å². The predicted molar refractivity (Wildman–Crippen MR) is 129 cm³/mol. The first-order valence-electron chi connectivity index (χ1n) is 8.04. The molecule has 0 heterocycles. The van der Waals surface area contributed by atoms with Gasteiger partial charge in [0.1, 0.15) is 0 Å². The van der Waals surface area contributed by atoms with E-state index in [1.807, 2.05) is 56.2 Å². The van der Waals surface area contributed by atoms with Crippen LogP contribution in [0.15, 0.2) is 0 Å². The smallest absolute Gasteiger partial charge is 0.411 e. The van der Waals surface area contributed by atoms with Crippen molar-refractivity contribution in [2.24, 2.45) is 0 Å². The molecule has 0 spiro atoms. The normalized spacial score (nSPS) is 8.40. The van der Waals surface area contributed by atoms with E-state index in [1.165, 1.54) is 0 Å². The summed E-state index contributed by atoms with van der Waals surface area (Å²) in [5.41, 5.74) is 0. The molecular weight excluding hydrogens is 517 g/mol. The third kappa shape index (κ3) is 21.1. The molecule has 0 saturated heterocycles. The first-order valence-corrected chi connectivity index (χ1v) is 10.5. The summed E-state index contributed by atoms with van der Waals surface area (Å²) in [7, 11) is 0. The second kappa shape index (κ2) is 23.0. The van der Waals surface area contributed by atoms with Gasteiger partial charge in [-0.1, -0.05) is 13.0 Å². The number of hydrogen-bond acceptors (Lipinski definition) is 6. The number of nitrogens with zero attached hydrogens (tertiary/aromatic N) is 3. The molecule has 0 bridgehead atoms. The van der Waals surface area contributed by atoms with Crippen LogP contribution < -0.4 is 0 Å². The molecule has 0 unspecified atom stereocenters. The Balaban J connectivity index is -0.000000130. The molecule has 0 aromatic rings. The van der Waals surface area contributed by atoms with E-state index in [4.69, 9.17) is 74.5 Å². The maximum atomic E-state index is 4.76. The molecule has 0 atom stereocenters. The Bertz CT molecular complexity index is 294. The first-order chi connectivity index (χ1) is 11.2. The van der Waals surface area contributed by atoms with Crippen LogP contribution in [-0.4, -0.2) is 66.9 Å². The van der Waals surface area contributed by atoms with Gasteiger partial charge in [0.2, 0.25) is 0 Å². The van der Waals surface area contributed by atoms with E-state index in [0.717, 1.165) is 39.3 Å². The van der Waals surface area contributed by atoms with Crippen molar-refractivity contribution in [3.05, 3.63) is 0 Å². The zero-order chi connectivity index (χ0) is 19.7. The van der Waals surface area contributed by atoms with Crippen LogP contribution in [0.25, 0.3) is 0 Å². The Morgan fingerprint density at radius 1 is 0.520 bits per heavy atom. The summed E-state index contributed by atoms with van der Waals surface area (Å²) >= 11 is 28.5. The average Bonchev–Trinajstić information content (AvgIpc) is 2.51. The van der Waals surface area contributed by atoms with Crippen LogP contribution in [0.2, 0.25) is 0 Å². The summed E-state index contributed by atoms with van der Waals surface area (Å²) < 4.78 is 1.74. The Kier molecular flexibility index (Phi) is 30.8. The second-order valence-electron chi connectivity index (χ2n) is 4.31. The summed E-state index contributed by atoms with van der Waals surface area (Å²) in [6, 6.07) is 0. The molecule has 0 saturated carbocycles. The van der Waals surface area contributed by atoms with Crippen LogP contribution in [0.4, 0.5) is 0 Å². The Hall–Kier alpha value is 0.953. The Morgan fingerprint density at radius 3 is 0.640 bits per heavy atom. The summed E-state index contributed by atoms with van der Waals surface area (Å²) in [6.45, 7) is 17.8. The number of hydrogen-bond donors (Lipinski definition) is 0. The summed E-state index contributed by atoms with van der Waals surface area (Å²) in [4.78, 5) is 5.89. The van der Waals surface area contributed by atoms with Crippen LogP contribution >= 0.6 is 36.7 Å². The standard InChI is InChI=1S/3C5H11NS2.Rh/c3*1-3-6(4-2)5(7)8;/h3*3-4H2,1-2H3,(H,7,8);/q;;;+3/p-3. The van der Waals surface area contributed by atoms with Crippen molar-refractivity contribution in [1.29, 1.82) is 0 Å². The molecule has 0 amide bonds. The van der Waals surface area contributed by atoms with E-state index in [0.29, 0.717) is 13.0 Å². The van der Waals surface area contributed by atoms with E-state index in [1.54, 1.807) is 0 Å². The molecule has 0 aliphatic heterocycles. The van der Waals surface area contributed by atoms with Crippen LogP contribution in [0.5, 0.6) is 0 Å².